The predicted molar refractivity (Wildman–Crippen MR) is 61.1 cm³/mol. The van der Waals surface area contributed by atoms with Crippen LogP contribution in [0.15, 0.2) is 18.3 Å². The molecule has 0 bridgehead atoms. The van der Waals surface area contributed by atoms with Gasteiger partial charge < -0.3 is 4.90 Å². The van der Waals surface area contributed by atoms with Crippen LogP contribution < -0.4 is 0 Å². The second-order valence-electron chi connectivity index (χ2n) is 3.25. The maximum atomic E-state index is 12.0. The Labute approximate surface area is 95.1 Å². The van der Waals surface area contributed by atoms with Crippen molar-refractivity contribution in [1.29, 1.82) is 0 Å². The van der Waals surface area contributed by atoms with Crippen LogP contribution in [-0.2, 0) is 0 Å². The largest absolute Gasteiger partial charge is 0.339 e. The minimum Gasteiger partial charge on any atom is -0.339 e. The number of carbonyl (C=O) groups excluding carboxylic acids is 1. The van der Waals surface area contributed by atoms with E-state index in [1.165, 1.54) is 0 Å². The van der Waals surface area contributed by atoms with E-state index in [1.807, 2.05) is 6.92 Å². The van der Waals surface area contributed by atoms with Gasteiger partial charge in [-0.2, -0.15) is 0 Å². The van der Waals surface area contributed by atoms with E-state index in [9.17, 15) is 4.79 Å². The van der Waals surface area contributed by atoms with E-state index in [4.69, 9.17) is 11.6 Å². The fraction of sp³-hybridized carbons (Fsp3) is 0.455. The van der Waals surface area contributed by atoms with Gasteiger partial charge in [-0.05, 0) is 25.5 Å². The molecule has 1 rings (SSSR count). The van der Waals surface area contributed by atoms with Gasteiger partial charge in [0.25, 0.3) is 5.91 Å². The van der Waals surface area contributed by atoms with Crippen molar-refractivity contribution in [3.63, 3.8) is 0 Å². The summed E-state index contributed by atoms with van der Waals surface area (Å²) in [6.07, 6.45) is 2.51. The van der Waals surface area contributed by atoms with Gasteiger partial charge in [0.15, 0.2) is 0 Å². The maximum Gasteiger partial charge on any atom is 0.254 e. The summed E-state index contributed by atoms with van der Waals surface area (Å²) in [5.41, 5.74) is 0.602. The van der Waals surface area contributed by atoms with Gasteiger partial charge in [-0.1, -0.05) is 18.5 Å². The monoisotopic (exact) mass is 226 g/mol. The van der Waals surface area contributed by atoms with Crippen molar-refractivity contribution in [3.8, 4) is 0 Å². The van der Waals surface area contributed by atoms with E-state index in [0.717, 1.165) is 13.0 Å². The average molecular weight is 227 g/mol. The molecule has 0 atom stereocenters. The van der Waals surface area contributed by atoms with Crippen LogP contribution in [-0.4, -0.2) is 28.9 Å². The molecule has 0 spiro atoms. The van der Waals surface area contributed by atoms with Crippen molar-refractivity contribution >= 4 is 17.5 Å². The van der Waals surface area contributed by atoms with Crippen LogP contribution in [0, 0.1) is 0 Å². The highest BCUT2D eigenvalue weighted by atomic mass is 35.5. The Morgan fingerprint density at radius 2 is 2.27 bits per heavy atom. The highest BCUT2D eigenvalue weighted by molar-refractivity contribution is 6.29. The Balaban J connectivity index is 2.82. The molecule has 0 radical (unpaired) electrons. The lowest BCUT2D eigenvalue weighted by molar-refractivity contribution is 0.0764. The summed E-state index contributed by atoms with van der Waals surface area (Å²) in [4.78, 5) is 17.6. The summed E-state index contributed by atoms with van der Waals surface area (Å²) in [6, 6.07) is 3.29. The molecule has 0 saturated heterocycles. The van der Waals surface area contributed by atoms with Crippen molar-refractivity contribution in [3.05, 3.63) is 29.0 Å². The number of aromatic nitrogens is 1. The van der Waals surface area contributed by atoms with Crippen molar-refractivity contribution in [2.75, 3.05) is 13.1 Å². The van der Waals surface area contributed by atoms with Crippen LogP contribution in [0.4, 0.5) is 0 Å². The minimum absolute atomic E-state index is 0.0173. The van der Waals surface area contributed by atoms with Crippen LogP contribution in [0.25, 0.3) is 0 Å². The van der Waals surface area contributed by atoms with E-state index in [2.05, 4.69) is 11.9 Å². The summed E-state index contributed by atoms with van der Waals surface area (Å²) in [6.45, 7) is 5.51. The molecule has 0 aliphatic rings. The first-order chi connectivity index (χ1) is 7.19. The number of carbonyl (C=O) groups is 1. The molecule has 1 heterocycles. The van der Waals surface area contributed by atoms with E-state index in [-0.39, 0.29) is 5.91 Å². The third kappa shape index (κ3) is 3.20. The molecule has 0 aliphatic carbocycles. The van der Waals surface area contributed by atoms with Gasteiger partial charge in [-0.25, -0.2) is 4.98 Å². The van der Waals surface area contributed by atoms with E-state index < -0.39 is 0 Å². The van der Waals surface area contributed by atoms with E-state index in [0.29, 0.717) is 17.3 Å². The van der Waals surface area contributed by atoms with Crippen molar-refractivity contribution in [2.45, 2.75) is 20.3 Å². The smallest absolute Gasteiger partial charge is 0.254 e. The molecule has 0 saturated carbocycles. The summed E-state index contributed by atoms with van der Waals surface area (Å²) in [5, 5.41) is 0.355. The van der Waals surface area contributed by atoms with Crippen molar-refractivity contribution in [1.82, 2.24) is 9.88 Å². The first-order valence-electron chi connectivity index (χ1n) is 5.09. The zero-order chi connectivity index (χ0) is 11.3. The molecule has 3 nitrogen and oxygen atoms in total. The van der Waals surface area contributed by atoms with Crippen LogP contribution in [0.2, 0.25) is 5.15 Å². The fourth-order valence-corrected chi connectivity index (χ4v) is 1.57. The number of rotatable bonds is 4. The van der Waals surface area contributed by atoms with Crippen molar-refractivity contribution < 1.29 is 4.79 Å². The molecule has 82 valence electrons. The Hall–Kier alpha value is -1.09. The standard InChI is InChI=1S/C11H15ClN2O/c1-3-7-14(4-2)11(15)9-5-6-13-10(12)8-9/h5-6,8H,3-4,7H2,1-2H3. The third-order valence-corrected chi connectivity index (χ3v) is 2.34. The van der Waals surface area contributed by atoms with E-state index in [1.54, 1.807) is 23.2 Å². The number of hydrogen-bond acceptors (Lipinski definition) is 2. The highest BCUT2D eigenvalue weighted by Gasteiger charge is 2.13. The molecular formula is C11H15ClN2O. The SMILES string of the molecule is CCCN(CC)C(=O)c1ccnc(Cl)c1. The molecule has 0 aromatic carbocycles. The summed E-state index contributed by atoms with van der Waals surface area (Å²) >= 11 is 5.73. The summed E-state index contributed by atoms with van der Waals surface area (Å²) < 4.78 is 0. The van der Waals surface area contributed by atoms with Gasteiger partial charge in [0, 0.05) is 24.8 Å². The van der Waals surface area contributed by atoms with Crippen LogP contribution >= 0.6 is 11.6 Å². The van der Waals surface area contributed by atoms with Crippen LogP contribution in [0.3, 0.4) is 0 Å². The van der Waals surface area contributed by atoms with Crippen molar-refractivity contribution in [2.24, 2.45) is 0 Å². The number of hydrogen-bond donors (Lipinski definition) is 0. The minimum atomic E-state index is 0.0173. The molecule has 0 aliphatic heterocycles. The number of pyridine rings is 1. The Bertz CT molecular complexity index is 341. The van der Waals surface area contributed by atoms with Gasteiger partial charge in [-0.3, -0.25) is 4.79 Å². The lowest BCUT2D eigenvalue weighted by atomic mass is 10.2. The number of amides is 1. The molecule has 0 unspecified atom stereocenters. The maximum absolute atomic E-state index is 12.0. The summed E-state index contributed by atoms with van der Waals surface area (Å²) in [5.74, 6) is 0.0173. The molecule has 1 aromatic heterocycles. The quantitative estimate of drug-likeness (QED) is 0.740. The van der Waals surface area contributed by atoms with Gasteiger partial charge in [0.1, 0.15) is 5.15 Å². The number of halogens is 1. The normalized spacial score (nSPS) is 10.1. The predicted octanol–water partition coefficient (Wildman–Crippen LogP) is 2.61. The zero-order valence-electron chi connectivity index (χ0n) is 9.03. The highest BCUT2D eigenvalue weighted by Crippen LogP contribution is 2.10. The van der Waals surface area contributed by atoms with Gasteiger partial charge >= 0.3 is 0 Å². The Morgan fingerprint density at radius 3 is 2.80 bits per heavy atom. The van der Waals surface area contributed by atoms with Gasteiger partial charge in [0.05, 0.1) is 0 Å². The first kappa shape index (κ1) is 12.0. The fourth-order valence-electron chi connectivity index (χ4n) is 1.39. The Kier molecular flexibility index (Phi) is 4.56. The molecule has 1 aromatic rings. The average Bonchev–Trinajstić information content (AvgIpc) is 2.25. The topological polar surface area (TPSA) is 33.2 Å². The van der Waals surface area contributed by atoms with Gasteiger partial charge in [-0.15, -0.1) is 0 Å². The van der Waals surface area contributed by atoms with Gasteiger partial charge in [0.2, 0.25) is 0 Å². The first-order valence-corrected chi connectivity index (χ1v) is 5.47. The molecule has 0 N–H and O–H groups in total. The van der Waals surface area contributed by atoms with E-state index >= 15 is 0 Å². The molecule has 4 heteroatoms. The van der Waals surface area contributed by atoms with Crippen LogP contribution in [0.1, 0.15) is 30.6 Å². The molecule has 1 amide bonds. The second-order valence-corrected chi connectivity index (χ2v) is 3.64. The zero-order valence-corrected chi connectivity index (χ0v) is 9.79. The third-order valence-electron chi connectivity index (χ3n) is 2.14. The molecule has 0 fully saturated rings. The number of nitrogens with zero attached hydrogens (tertiary/aromatic N) is 2. The summed E-state index contributed by atoms with van der Waals surface area (Å²) in [7, 11) is 0. The molecule has 15 heavy (non-hydrogen) atoms. The molecular weight excluding hydrogens is 212 g/mol. The Morgan fingerprint density at radius 1 is 1.53 bits per heavy atom. The lowest BCUT2D eigenvalue weighted by Gasteiger charge is -2.19. The lowest BCUT2D eigenvalue weighted by Crippen LogP contribution is -2.31. The van der Waals surface area contributed by atoms with Crippen LogP contribution in [0.5, 0.6) is 0 Å². The second kappa shape index (κ2) is 5.71.